The number of hydrogen-bond acceptors (Lipinski definition) is 3. The van der Waals surface area contributed by atoms with E-state index in [1.807, 2.05) is 30.9 Å². The molecule has 0 aromatic heterocycles. The molecule has 0 atom stereocenters. The van der Waals surface area contributed by atoms with Crippen LogP contribution < -0.4 is 11.1 Å². The summed E-state index contributed by atoms with van der Waals surface area (Å²) < 4.78 is 0. The van der Waals surface area contributed by atoms with Crippen LogP contribution in [0.15, 0.2) is 24.3 Å². The van der Waals surface area contributed by atoms with Crippen LogP contribution in [0.3, 0.4) is 0 Å². The van der Waals surface area contributed by atoms with Gasteiger partial charge in [0.05, 0.1) is 22.2 Å². The van der Waals surface area contributed by atoms with Crippen molar-refractivity contribution in [2.24, 2.45) is 5.73 Å². The van der Waals surface area contributed by atoms with Crippen molar-refractivity contribution in [3.05, 3.63) is 29.3 Å². The van der Waals surface area contributed by atoms with Crippen LogP contribution in [0.4, 0.5) is 5.69 Å². The summed E-state index contributed by atoms with van der Waals surface area (Å²) >= 11 is 10.9. The lowest BCUT2D eigenvalue weighted by Gasteiger charge is -2.25. The quantitative estimate of drug-likeness (QED) is 0.791. The highest BCUT2D eigenvalue weighted by Gasteiger charge is 2.15. The Hall–Kier alpha value is -1.17. The molecular weight excluding hydrogens is 282 g/mol. The van der Waals surface area contributed by atoms with Gasteiger partial charge >= 0.3 is 0 Å². The number of carbonyl (C=O) groups excluding carboxylic acids is 1. The van der Waals surface area contributed by atoms with Gasteiger partial charge in [-0.15, -0.1) is 0 Å². The number of nitrogens with zero attached hydrogens (tertiary/aromatic N) is 1. The van der Waals surface area contributed by atoms with Crippen molar-refractivity contribution in [1.29, 1.82) is 0 Å². The van der Waals surface area contributed by atoms with Crippen LogP contribution in [0, 0.1) is 0 Å². The predicted molar refractivity (Wildman–Crippen MR) is 83.6 cm³/mol. The van der Waals surface area contributed by atoms with Gasteiger partial charge in [-0.2, -0.15) is 0 Å². The maximum atomic E-state index is 12.0. The molecule has 0 saturated heterocycles. The number of nitrogens with one attached hydrogen (secondary N) is 1. The summed E-state index contributed by atoms with van der Waals surface area (Å²) in [6.07, 6.45) is 0. The van der Waals surface area contributed by atoms with Crippen LogP contribution in [0.1, 0.15) is 13.8 Å². The van der Waals surface area contributed by atoms with E-state index in [-0.39, 0.29) is 18.5 Å². The number of para-hydroxylation sites is 1. The van der Waals surface area contributed by atoms with Crippen molar-refractivity contribution < 1.29 is 4.79 Å². The molecule has 0 saturated carbocycles. The molecule has 0 bridgehead atoms. The molecule has 19 heavy (non-hydrogen) atoms. The van der Waals surface area contributed by atoms with Gasteiger partial charge in [-0.05, 0) is 26.0 Å². The van der Waals surface area contributed by atoms with Crippen LogP contribution in [-0.4, -0.2) is 34.9 Å². The number of benzene rings is 1. The van der Waals surface area contributed by atoms with Gasteiger partial charge in [-0.1, -0.05) is 36.0 Å². The fourth-order valence-electron chi connectivity index (χ4n) is 1.56. The Morgan fingerprint density at radius 1 is 1.42 bits per heavy atom. The third-order valence-electron chi connectivity index (χ3n) is 2.58. The average Bonchev–Trinajstić information content (AvgIpc) is 2.30. The summed E-state index contributed by atoms with van der Waals surface area (Å²) in [7, 11) is 0. The SMILES string of the molecule is CC(C)N(CC(=O)Nc1ccccc1Cl)CC(N)=S. The molecule has 0 heterocycles. The fraction of sp³-hybridized carbons (Fsp3) is 0.385. The molecule has 0 aliphatic heterocycles. The number of halogens is 1. The fourth-order valence-corrected chi connectivity index (χ4v) is 1.91. The third-order valence-corrected chi connectivity index (χ3v) is 3.04. The number of amides is 1. The maximum Gasteiger partial charge on any atom is 0.238 e. The van der Waals surface area contributed by atoms with Crippen LogP contribution >= 0.6 is 23.8 Å². The zero-order valence-electron chi connectivity index (χ0n) is 11.0. The molecule has 1 aromatic rings. The highest BCUT2D eigenvalue weighted by atomic mass is 35.5. The van der Waals surface area contributed by atoms with Gasteiger partial charge in [0.25, 0.3) is 0 Å². The average molecular weight is 300 g/mol. The van der Waals surface area contributed by atoms with Crippen LogP contribution in [0.5, 0.6) is 0 Å². The van der Waals surface area contributed by atoms with Crippen LogP contribution in [0.25, 0.3) is 0 Å². The van der Waals surface area contributed by atoms with Crippen LogP contribution in [0.2, 0.25) is 5.02 Å². The molecule has 0 spiro atoms. The maximum absolute atomic E-state index is 12.0. The van der Waals surface area contributed by atoms with Crippen molar-refractivity contribution in [1.82, 2.24) is 4.90 Å². The van der Waals surface area contributed by atoms with Gasteiger partial charge in [0.15, 0.2) is 0 Å². The van der Waals surface area contributed by atoms with Crippen molar-refractivity contribution >= 4 is 40.4 Å². The van der Waals surface area contributed by atoms with E-state index in [2.05, 4.69) is 5.32 Å². The molecule has 6 heteroatoms. The van der Waals surface area contributed by atoms with E-state index in [1.165, 1.54) is 0 Å². The Labute approximate surface area is 123 Å². The molecule has 0 aliphatic carbocycles. The lowest BCUT2D eigenvalue weighted by Crippen LogP contribution is -2.42. The van der Waals surface area contributed by atoms with E-state index in [4.69, 9.17) is 29.6 Å². The van der Waals surface area contributed by atoms with E-state index in [1.54, 1.807) is 12.1 Å². The van der Waals surface area contributed by atoms with Gasteiger partial charge in [-0.25, -0.2) is 0 Å². The second kappa shape index (κ2) is 7.43. The van der Waals surface area contributed by atoms with E-state index >= 15 is 0 Å². The molecule has 1 aromatic carbocycles. The summed E-state index contributed by atoms with van der Waals surface area (Å²) in [6, 6.07) is 7.29. The van der Waals surface area contributed by atoms with E-state index in [9.17, 15) is 4.79 Å². The molecule has 4 nitrogen and oxygen atoms in total. The van der Waals surface area contributed by atoms with E-state index in [0.717, 1.165) is 0 Å². The summed E-state index contributed by atoms with van der Waals surface area (Å²) in [5, 5.41) is 3.29. The van der Waals surface area contributed by atoms with E-state index in [0.29, 0.717) is 22.2 Å². The first-order chi connectivity index (χ1) is 8.90. The zero-order chi connectivity index (χ0) is 14.4. The lowest BCUT2D eigenvalue weighted by molar-refractivity contribution is -0.117. The second-order valence-electron chi connectivity index (χ2n) is 4.49. The largest absolute Gasteiger partial charge is 0.392 e. The number of carbonyl (C=O) groups is 1. The zero-order valence-corrected chi connectivity index (χ0v) is 12.6. The minimum absolute atomic E-state index is 0.141. The predicted octanol–water partition coefficient (Wildman–Crippen LogP) is 2.28. The smallest absolute Gasteiger partial charge is 0.238 e. The molecule has 104 valence electrons. The number of nitrogens with two attached hydrogens (primary N) is 1. The summed E-state index contributed by atoms with van der Waals surface area (Å²) in [6.45, 7) is 4.62. The normalized spacial score (nSPS) is 10.8. The number of thiocarbonyl (C=S) groups is 1. The minimum Gasteiger partial charge on any atom is -0.392 e. The Kier molecular flexibility index (Phi) is 6.21. The Morgan fingerprint density at radius 2 is 2.05 bits per heavy atom. The molecule has 1 amide bonds. The van der Waals surface area contributed by atoms with Crippen molar-refractivity contribution in [3.63, 3.8) is 0 Å². The number of anilines is 1. The monoisotopic (exact) mass is 299 g/mol. The Balaban J connectivity index is 2.63. The first-order valence-corrected chi connectivity index (χ1v) is 6.75. The molecule has 0 aliphatic rings. The van der Waals surface area contributed by atoms with Gasteiger partial charge in [0, 0.05) is 12.6 Å². The van der Waals surface area contributed by atoms with Crippen LogP contribution in [-0.2, 0) is 4.79 Å². The highest BCUT2D eigenvalue weighted by Crippen LogP contribution is 2.20. The Bertz CT molecular complexity index is 465. The minimum atomic E-state index is -0.141. The summed E-state index contributed by atoms with van der Waals surface area (Å²) in [5.74, 6) is -0.141. The molecule has 0 unspecified atom stereocenters. The molecule has 3 N–H and O–H groups in total. The van der Waals surface area contributed by atoms with Gasteiger partial charge in [0.2, 0.25) is 5.91 Å². The second-order valence-corrected chi connectivity index (χ2v) is 5.42. The topological polar surface area (TPSA) is 58.4 Å². The lowest BCUT2D eigenvalue weighted by atomic mass is 10.3. The van der Waals surface area contributed by atoms with E-state index < -0.39 is 0 Å². The summed E-state index contributed by atoms with van der Waals surface area (Å²) in [4.78, 5) is 14.2. The van der Waals surface area contributed by atoms with Gasteiger partial charge < -0.3 is 11.1 Å². The number of hydrogen-bond donors (Lipinski definition) is 2. The highest BCUT2D eigenvalue weighted by molar-refractivity contribution is 7.80. The van der Waals surface area contributed by atoms with Crippen molar-refractivity contribution in [3.8, 4) is 0 Å². The number of rotatable bonds is 6. The van der Waals surface area contributed by atoms with Gasteiger partial charge in [-0.3, -0.25) is 9.69 Å². The Morgan fingerprint density at radius 3 is 2.58 bits per heavy atom. The van der Waals surface area contributed by atoms with Gasteiger partial charge in [0.1, 0.15) is 0 Å². The first-order valence-electron chi connectivity index (χ1n) is 5.97. The molecule has 1 rings (SSSR count). The standard InChI is InChI=1S/C13H18ClN3OS/c1-9(2)17(7-12(15)19)8-13(18)16-11-6-4-3-5-10(11)14/h3-6,9H,7-8H2,1-2H3,(H2,15,19)(H,16,18). The van der Waals surface area contributed by atoms with Crippen molar-refractivity contribution in [2.75, 3.05) is 18.4 Å². The van der Waals surface area contributed by atoms with Crippen molar-refractivity contribution in [2.45, 2.75) is 19.9 Å². The molecular formula is C13H18ClN3OS. The summed E-state index contributed by atoms with van der Waals surface area (Å²) in [5.41, 5.74) is 6.13. The third kappa shape index (κ3) is 5.55. The first kappa shape index (κ1) is 15.9. The molecule has 0 fully saturated rings. The molecule has 0 radical (unpaired) electrons.